The number of hydrogen-bond donors (Lipinski definition) is 0. The minimum atomic E-state index is -1.39. The average molecular weight is 1110 g/mol. The van der Waals surface area contributed by atoms with E-state index in [1.165, 1.54) is 37.5 Å². The lowest BCUT2D eigenvalue weighted by Crippen LogP contribution is -2.38. The van der Waals surface area contributed by atoms with E-state index in [2.05, 4.69) is 193 Å². The second-order valence-corrected chi connectivity index (χ2v) is 29.7. The molecule has 0 amide bonds. The molecule has 0 fully saturated rings. The average Bonchev–Trinajstić information content (AvgIpc) is 3.19. The Morgan fingerprint density at radius 2 is 0.817 bits per heavy atom. The van der Waals surface area contributed by atoms with Crippen molar-refractivity contribution in [2.75, 3.05) is 63.8 Å². The monoisotopic (exact) mass is 1110 g/mol. The van der Waals surface area contributed by atoms with E-state index in [1.807, 2.05) is 81.7 Å². The maximum Gasteiger partial charge on any atom is 0.0670 e. The van der Waals surface area contributed by atoms with E-state index in [4.69, 9.17) is 29.9 Å². The molecule has 71 heavy (non-hydrogen) atoms. The highest BCUT2D eigenvalue weighted by molar-refractivity contribution is 8.01. The van der Waals surface area contributed by atoms with Gasteiger partial charge in [0.1, 0.15) is 0 Å². The Labute approximate surface area is 486 Å². The molecule has 0 atom stereocenters. The first-order valence-corrected chi connectivity index (χ1v) is 31.8. The van der Waals surface area contributed by atoms with Gasteiger partial charge >= 0.3 is 0 Å². The maximum absolute atomic E-state index is 7.09. The summed E-state index contributed by atoms with van der Waals surface area (Å²) in [5.74, 6) is 3.83. The van der Waals surface area contributed by atoms with Gasteiger partial charge < -0.3 is 18.9 Å². The largest absolute Gasteiger partial charge is 0.385 e. The summed E-state index contributed by atoms with van der Waals surface area (Å²) in [5.41, 5.74) is 0.581. The van der Waals surface area contributed by atoms with E-state index in [1.54, 1.807) is 21.1 Å². The molecule has 0 unspecified atom stereocenters. The second kappa shape index (κ2) is 63.8. The van der Waals surface area contributed by atoms with Crippen LogP contribution in [0.2, 0.25) is 0 Å². The minimum Gasteiger partial charge on any atom is -0.385 e. The van der Waals surface area contributed by atoms with Gasteiger partial charge in [-0.15, -0.1) is 0 Å². The van der Waals surface area contributed by atoms with Gasteiger partial charge in [-0.25, -0.2) is 0 Å². The quantitative estimate of drug-likeness (QED) is 0.151. The van der Waals surface area contributed by atoms with Crippen molar-refractivity contribution in [3.05, 3.63) is 0 Å². The molecule has 0 aromatic carbocycles. The molecule has 0 aromatic rings. The van der Waals surface area contributed by atoms with Gasteiger partial charge in [0.05, 0.1) is 16.8 Å². The first-order valence-electron chi connectivity index (χ1n) is 31.2. The van der Waals surface area contributed by atoms with Crippen molar-refractivity contribution >= 4 is 47.0 Å². The Hall–Kier alpha value is 1.24. The Morgan fingerprint density at radius 1 is 0.451 bits per heavy atom. The van der Waals surface area contributed by atoms with Gasteiger partial charge in [0.25, 0.3) is 0 Å². The Bertz CT molecular complexity index is 1040. The zero-order valence-corrected chi connectivity index (χ0v) is 59.7. The fourth-order valence-electron chi connectivity index (χ4n) is 3.94. The molecule has 4 nitrogen and oxygen atoms in total. The standard InChI is InChI=1S/2C8H18O.2C8H18S.3C5H12.2C4H10O.2C4H10S/c1-7(2,3)8(4,5)9-6;1-7(2,3)9-8(4,5)6;1-7(2,3)8(4,5)9-6;1-7(2,3)9-8(4,5)6;3*1-3-5-4-2;1-3-4-5-2;1-3-5-4-2;1-3-4-5-2;1-3-5-4-2/h4*1-6H3;3*3-5H2,1-2H3;4*3-4H2,1-2H3/i;;;;3D2,4D2;5D2;3D2;;;;. The molecule has 0 saturated carbocycles. The third kappa shape index (κ3) is 130. The van der Waals surface area contributed by atoms with Gasteiger partial charge in [-0.05, 0) is 123 Å². The maximum atomic E-state index is 7.09. The molecular formula is C63H148O4S4. The lowest BCUT2D eigenvalue weighted by molar-refractivity contribution is -0.102. The second-order valence-electron chi connectivity index (χ2n) is 23.1. The lowest BCUT2D eigenvalue weighted by atomic mass is 9.79. The molecule has 0 radical (unpaired) electrons. The van der Waals surface area contributed by atoms with Gasteiger partial charge in [0, 0.05) is 59.2 Å². The molecule has 0 spiro atoms. The molecule has 448 valence electrons. The zero-order valence-electron chi connectivity index (χ0n) is 64.5. The first-order chi connectivity index (χ1) is 34.6. The van der Waals surface area contributed by atoms with E-state index < -0.39 is 25.5 Å². The highest BCUT2D eigenvalue weighted by Crippen LogP contribution is 2.39. The van der Waals surface area contributed by atoms with E-state index >= 15 is 0 Å². The van der Waals surface area contributed by atoms with Crippen LogP contribution in [0.15, 0.2) is 0 Å². The highest BCUT2D eigenvalue weighted by Gasteiger charge is 2.32. The van der Waals surface area contributed by atoms with E-state index in [0.29, 0.717) is 38.9 Å². The summed E-state index contributed by atoms with van der Waals surface area (Å²) in [5, 5.41) is 0. The van der Waals surface area contributed by atoms with Crippen LogP contribution in [0.4, 0.5) is 0 Å². The number of ether oxygens (including phenoxy) is 4. The predicted molar refractivity (Wildman–Crippen MR) is 353 cm³/mol. The molecule has 0 heterocycles. The molecule has 0 aliphatic rings. The van der Waals surface area contributed by atoms with Gasteiger partial charge in [-0.1, -0.05) is 224 Å². The van der Waals surface area contributed by atoms with Crippen LogP contribution in [0.25, 0.3) is 0 Å². The van der Waals surface area contributed by atoms with Crippen LogP contribution >= 0.6 is 47.0 Å². The molecule has 0 aromatic heterocycles. The van der Waals surface area contributed by atoms with Gasteiger partial charge in [0.15, 0.2) is 0 Å². The van der Waals surface area contributed by atoms with Crippen LogP contribution in [0.3, 0.4) is 0 Å². The van der Waals surface area contributed by atoms with E-state index in [9.17, 15) is 0 Å². The van der Waals surface area contributed by atoms with Crippen molar-refractivity contribution in [2.24, 2.45) is 10.8 Å². The highest BCUT2D eigenvalue weighted by atomic mass is 32.2. The van der Waals surface area contributed by atoms with Crippen molar-refractivity contribution in [1.29, 1.82) is 0 Å². The topological polar surface area (TPSA) is 36.9 Å². The molecule has 0 aliphatic carbocycles. The van der Waals surface area contributed by atoms with Crippen LogP contribution in [-0.4, -0.2) is 94.9 Å². The number of thioether (sulfide) groups is 4. The van der Waals surface area contributed by atoms with Crippen LogP contribution in [-0.2, 0) is 18.9 Å². The van der Waals surface area contributed by atoms with Crippen molar-refractivity contribution in [3.63, 3.8) is 0 Å². The molecular weight excluding hydrogens is 949 g/mol. The summed E-state index contributed by atoms with van der Waals surface area (Å²) < 4.78 is 77.9. The molecule has 0 bridgehead atoms. The fraction of sp³-hybridized carbons (Fsp3) is 1.00. The van der Waals surface area contributed by atoms with E-state index in [0.717, 1.165) is 32.7 Å². The third-order valence-electron chi connectivity index (χ3n) is 8.84. The Balaban J connectivity index is -0.0000000721. The summed E-state index contributed by atoms with van der Waals surface area (Å²) in [6.45, 7) is 73.4. The van der Waals surface area contributed by atoms with Crippen molar-refractivity contribution in [1.82, 2.24) is 0 Å². The summed E-state index contributed by atoms with van der Waals surface area (Å²) in [4.78, 5) is 0. The van der Waals surface area contributed by atoms with Crippen molar-refractivity contribution < 1.29 is 29.9 Å². The van der Waals surface area contributed by atoms with Crippen molar-refractivity contribution in [3.8, 4) is 0 Å². The number of hydrogen-bond acceptors (Lipinski definition) is 8. The Kier molecular flexibility index (Phi) is 68.7. The minimum absolute atomic E-state index is 0.0156. The summed E-state index contributed by atoms with van der Waals surface area (Å²) in [6, 6.07) is 0. The van der Waals surface area contributed by atoms with Gasteiger partial charge in [0.2, 0.25) is 0 Å². The Morgan fingerprint density at radius 3 is 0.817 bits per heavy atom. The number of methoxy groups -OCH3 is 2. The van der Waals surface area contributed by atoms with Crippen LogP contribution in [0, 0.1) is 10.8 Å². The molecule has 0 N–H and O–H groups in total. The first kappa shape index (κ1) is 76.5. The predicted octanol–water partition coefficient (Wildman–Crippen LogP) is 23.7. The van der Waals surface area contributed by atoms with E-state index in [-0.39, 0.29) is 28.6 Å². The summed E-state index contributed by atoms with van der Waals surface area (Å²) >= 11 is 7.81. The molecule has 0 saturated heterocycles. The zero-order chi connectivity index (χ0) is 66.8. The summed E-state index contributed by atoms with van der Waals surface area (Å²) in [7, 11) is 3.47. The third-order valence-corrected chi connectivity index (χ3v) is 13.3. The van der Waals surface area contributed by atoms with Gasteiger partial charge in [-0.2, -0.15) is 47.0 Å². The molecule has 0 rings (SSSR count). The van der Waals surface area contributed by atoms with Crippen LogP contribution in [0.1, 0.15) is 317 Å². The van der Waals surface area contributed by atoms with Crippen LogP contribution < -0.4 is 0 Å². The number of rotatable bonds is 16. The SMILES string of the molecule is CC(C)(C)OC(C)(C)C.CC(C)(C)SC(C)(C)C.CCCOC.CCCSC.CCOCC.CCSCC.COC(C)(C)C(C)(C)C.CSC(C)(C)C(C)(C)C.[2H]C([2H])(C)CC([2H])([2H])C.[2H]C([2H])(C)CCC.[2H]C([2H])(CC)CC. The van der Waals surface area contributed by atoms with Crippen molar-refractivity contribution in [2.45, 2.75) is 337 Å². The summed E-state index contributed by atoms with van der Waals surface area (Å²) in [6.07, 6.45) is 4.90. The molecule has 0 aliphatic heterocycles. The lowest BCUT2D eigenvalue weighted by Gasteiger charge is -2.37. The normalized spacial score (nSPS) is 13.7. The van der Waals surface area contributed by atoms with Gasteiger partial charge in [-0.3, -0.25) is 0 Å². The fourth-order valence-corrected chi connectivity index (χ4v) is 7.21. The van der Waals surface area contributed by atoms with Crippen LogP contribution in [0.5, 0.6) is 0 Å². The smallest absolute Gasteiger partial charge is 0.0670 e. The molecule has 8 heteroatoms.